The number of rotatable bonds is 6. The third kappa shape index (κ3) is 4.42. The molecule has 0 unspecified atom stereocenters. The SMILES string of the molecule is COc1ccc(CCN2CCC(N3CCCCC3)CC2)cc1OC. The zero-order chi connectivity index (χ0) is 16.8. The minimum atomic E-state index is 0.809. The molecule has 2 fully saturated rings. The quantitative estimate of drug-likeness (QED) is 0.799. The number of likely N-dealkylation sites (tertiary alicyclic amines) is 2. The van der Waals surface area contributed by atoms with E-state index in [-0.39, 0.29) is 0 Å². The van der Waals surface area contributed by atoms with Crippen LogP contribution in [0.3, 0.4) is 0 Å². The molecule has 24 heavy (non-hydrogen) atoms. The Morgan fingerprint density at radius 2 is 1.62 bits per heavy atom. The number of ether oxygens (including phenoxy) is 2. The predicted molar refractivity (Wildman–Crippen MR) is 98.1 cm³/mol. The Hall–Kier alpha value is -1.26. The molecule has 1 aromatic rings. The van der Waals surface area contributed by atoms with E-state index in [0.717, 1.165) is 30.5 Å². The lowest BCUT2D eigenvalue weighted by atomic mass is 9.99. The summed E-state index contributed by atoms with van der Waals surface area (Å²) in [7, 11) is 3.39. The van der Waals surface area contributed by atoms with Crippen LogP contribution in [-0.2, 0) is 6.42 Å². The lowest BCUT2D eigenvalue weighted by molar-refractivity contribution is 0.0931. The second-order valence-electron chi connectivity index (χ2n) is 7.11. The van der Waals surface area contributed by atoms with Crippen molar-refractivity contribution in [2.24, 2.45) is 0 Å². The monoisotopic (exact) mass is 332 g/mol. The fraction of sp³-hybridized carbons (Fsp3) is 0.700. The summed E-state index contributed by atoms with van der Waals surface area (Å²) in [6.45, 7) is 6.29. The number of hydrogen-bond acceptors (Lipinski definition) is 4. The van der Waals surface area contributed by atoms with Crippen molar-refractivity contribution in [3.8, 4) is 11.5 Å². The molecule has 4 nitrogen and oxygen atoms in total. The van der Waals surface area contributed by atoms with Gasteiger partial charge < -0.3 is 19.3 Å². The highest BCUT2D eigenvalue weighted by Crippen LogP contribution is 2.28. The number of hydrogen-bond donors (Lipinski definition) is 0. The fourth-order valence-electron chi connectivity index (χ4n) is 4.11. The highest BCUT2D eigenvalue weighted by atomic mass is 16.5. The van der Waals surface area contributed by atoms with Crippen LogP contribution in [0, 0.1) is 0 Å². The maximum atomic E-state index is 5.41. The molecule has 0 atom stereocenters. The van der Waals surface area contributed by atoms with Gasteiger partial charge >= 0.3 is 0 Å². The Morgan fingerprint density at radius 3 is 2.29 bits per heavy atom. The molecule has 0 aliphatic carbocycles. The van der Waals surface area contributed by atoms with Gasteiger partial charge in [0.05, 0.1) is 14.2 Å². The molecule has 134 valence electrons. The molecule has 1 aromatic carbocycles. The molecule has 2 aliphatic heterocycles. The topological polar surface area (TPSA) is 24.9 Å². The van der Waals surface area contributed by atoms with Crippen LogP contribution >= 0.6 is 0 Å². The minimum Gasteiger partial charge on any atom is -0.493 e. The fourth-order valence-corrected chi connectivity index (χ4v) is 4.11. The second kappa shape index (κ2) is 8.72. The van der Waals surface area contributed by atoms with Crippen LogP contribution in [0.15, 0.2) is 18.2 Å². The zero-order valence-corrected chi connectivity index (χ0v) is 15.3. The maximum absolute atomic E-state index is 5.41. The highest BCUT2D eigenvalue weighted by molar-refractivity contribution is 5.42. The molecule has 0 N–H and O–H groups in total. The van der Waals surface area contributed by atoms with Crippen LogP contribution < -0.4 is 9.47 Å². The number of nitrogens with zero attached hydrogens (tertiary/aromatic N) is 2. The average Bonchev–Trinajstić information content (AvgIpc) is 2.67. The summed E-state index contributed by atoms with van der Waals surface area (Å²) in [6.07, 6.45) is 7.99. The summed E-state index contributed by atoms with van der Waals surface area (Å²) in [5.74, 6) is 1.64. The van der Waals surface area contributed by atoms with Gasteiger partial charge in [0.2, 0.25) is 0 Å². The summed E-state index contributed by atoms with van der Waals surface area (Å²) in [5.41, 5.74) is 1.32. The van der Waals surface area contributed by atoms with E-state index >= 15 is 0 Å². The average molecular weight is 332 g/mol. The van der Waals surface area contributed by atoms with Crippen LogP contribution in [0.5, 0.6) is 11.5 Å². The number of methoxy groups -OCH3 is 2. The van der Waals surface area contributed by atoms with Crippen LogP contribution in [0.2, 0.25) is 0 Å². The summed E-state index contributed by atoms with van der Waals surface area (Å²) in [5, 5.41) is 0. The van der Waals surface area contributed by atoms with Crippen molar-refractivity contribution >= 4 is 0 Å². The maximum Gasteiger partial charge on any atom is 0.160 e. The molecular weight excluding hydrogens is 300 g/mol. The molecule has 0 aromatic heterocycles. The Bertz CT molecular complexity index is 506. The second-order valence-corrected chi connectivity index (χ2v) is 7.11. The molecule has 0 bridgehead atoms. The van der Waals surface area contributed by atoms with E-state index in [0.29, 0.717) is 0 Å². The summed E-state index contributed by atoms with van der Waals surface area (Å²) in [6, 6.07) is 7.11. The van der Waals surface area contributed by atoms with E-state index in [1.54, 1.807) is 14.2 Å². The summed E-state index contributed by atoms with van der Waals surface area (Å²) < 4.78 is 10.7. The van der Waals surface area contributed by atoms with E-state index < -0.39 is 0 Å². The molecular formula is C20H32N2O2. The Labute approximate surface area is 146 Å². The van der Waals surface area contributed by atoms with Gasteiger partial charge in [0.25, 0.3) is 0 Å². The first-order chi connectivity index (χ1) is 11.8. The van der Waals surface area contributed by atoms with Gasteiger partial charge in [0, 0.05) is 12.6 Å². The van der Waals surface area contributed by atoms with Crippen LogP contribution in [0.1, 0.15) is 37.7 Å². The van der Waals surface area contributed by atoms with Gasteiger partial charge in [-0.05, 0) is 76.0 Å². The first-order valence-electron chi connectivity index (χ1n) is 9.47. The van der Waals surface area contributed by atoms with Gasteiger partial charge in [-0.3, -0.25) is 0 Å². The molecule has 2 saturated heterocycles. The van der Waals surface area contributed by atoms with Crippen LogP contribution in [-0.4, -0.2) is 62.8 Å². The minimum absolute atomic E-state index is 0.809. The largest absolute Gasteiger partial charge is 0.493 e. The van der Waals surface area contributed by atoms with Crippen molar-refractivity contribution in [3.05, 3.63) is 23.8 Å². The molecule has 0 saturated carbocycles. The Balaban J connectivity index is 1.45. The van der Waals surface area contributed by atoms with Crippen molar-refractivity contribution in [2.75, 3.05) is 46.9 Å². The van der Waals surface area contributed by atoms with Crippen molar-refractivity contribution in [1.29, 1.82) is 0 Å². The Morgan fingerprint density at radius 1 is 0.917 bits per heavy atom. The normalized spacial score (nSPS) is 20.9. The summed E-state index contributed by atoms with van der Waals surface area (Å²) in [4.78, 5) is 5.37. The van der Waals surface area contributed by atoms with E-state index in [1.165, 1.54) is 63.8 Å². The van der Waals surface area contributed by atoms with Crippen molar-refractivity contribution in [3.63, 3.8) is 0 Å². The van der Waals surface area contributed by atoms with Gasteiger partial charge in [-0.2, -0.15) is 0 Å². The third-order valence-corrected chi connectivity index (χ3v) is 5.63. The van der Waals surface area contributed by atoms with Gasteiger partial charge in [-0.25, -0.2) is 0 Å². The first-order valence-corrected chi connectivity index (χ1v) is 9.47. The van der Waals surface area contributed by atoms with Gasteiger partial charge in [-0.15, -0.1) is 0 Å². The highest BCUT2D eigenvalue weighted by Gasteiger charge is 2.25. The van der Waals surface area contributed by atoms with Crippen LogP contribution in [0.25, 0.3) is 0 Å². The predicted octanol–water partition coefficient (Wildman–Crippen LogP) is 3.20. The van der Waals surface area contributed by atoms with E-state index in [1.807, 2.05) is 6.07 Å². The Kier molecular flexibility index (Phi) is 6.38. The van der Waals surface area contributed by atoms with Crippen molar-refractivity contribution in [2.45, 2.75) is 44.6 Å². The molecule has 2 aliphatic rings. The lowest BCUT2D eigenvalue weighted by Gasteiger charge is -2.40. The zero-order valence-electron chi connectivity index (χ0n) is 15.3. The molecule has 4 heteroatoms. The van der Waals surface area contributed by atoms with Crippen molar-refractivity contribution < 1.29 is 9.47 Å². The van der Waals surface area contributed by atoms with Gasteiger partial charge in [0.1, 0.15) is 0 Å². The number of benzene rings is 1. The summed E-state index contributed by atoms with van der Waals surface area (Å²) >= 11 is 0. The number of piperidine rings is 2. The van der Waals surface area contributed by atoms with Gasteiger partial charge in [-0.1, -0.05) is 12.5 Å². The lowest BCUT2D eigenvalue weighted by Crippen LogP contribution is -2.47. The molecule has 3 rings (SSSR count). The van der Waals surface area contributed by atoms with Crippen molar-refractivity contribution in [1.82, 2.24) is 9.80 Å². The molecule has 0 amide bonds. The van der Waals surface area contributed by atoms with Crippen LogP contribution in [0.4, 0.5) is 0 Å². The third-order valence-electron chi connectivity index (χ3n) is 5.63. The molecule has 2 heterocycles. The molecule has 0 spiro atoms. The van der Waals surface area contributed by atoms with E-state index in [9.17, 15) is 0 Å². The first kappa shape index (κ1) is 17.6. The van der Waals surface area contributed by atoms with E-state index in [2.05, 4.69) is 21.9 Å². The van der Waals surface area contributed by atoms with Gasteiger partial charge in [0.15, 0.2) is 11.5 Å². The standard InChI is InChI=1S/C20H32N2O2/c1-23-19-7-6-17(16-20(19)24-2)8-13-21-14-9-18(10-15-21)22-11-4-3-5-12-22/h6-7,16,18H,3-5,8-15H2,1-2H3. The molecule has 0 radical (unpaired) electrons. The van der Waals surface area contributed by atoms with E-state index in [4.69, 9.17) is 9.47 Å². The smallest absolute Gasteiger partial charge is 0.160 e.